The Labute approximate surface area is 145 Å². The van der Waals surface area contributed by atoms with Gasteiger partial charge in [-0.25, -0.2) is 4.68 Å². The van der Waals surface area contributed by atoms with Crippen LogP contribution in [0.25, 0.3) is 11.0 Å². The number of nitrogens with one attached hydrogen (secondary N) is 1. The molecule has 1 aromatic carbocycles. The standard InChI is InChI=1S/C17H21N7O/c1-11(2)17-21-20-15-8-7-12(9-23(15)17)18-16(25)10-24-14-6-4-3-5-13(14)19-22-24/h3-6,11-12H,7-10H2,1-2H3,(H,18,25)/t12-/m1/s1. The van der Waals surface area contributed by atoms with E-state index in [4.69, 9.17) is 0 Å². The van der Waals surface area contributed by atoms with Gasteiger partial charge in [-0.3, -0.25) is 4.79 Å². The summed E-state index contributed by atoms with van der Waals surface area (Å²) in [6.07, 6.45) is 1.71. The molecule has 0 bridgehead atoms. The molecule has 0 radical (unpaired) electrons. The van der Waals surface area contributed by atoms with Gasteiger partial charge in [0.05, 0.1) is 5.52 Å². The molecular formula is C17H21N7O. The van der Waals surface area contributed by atoms with Gasteiger partial charge < -0.3 is 9.88 Å². The Hall–Kier alpha value is -2.77. The van der Waals surface area contributed by atoms with Gasteiger partial charge in [0.1, 0.15) is 23.7 Å². The van der Waals surface area contributed by atoms with Gasteiger partial charge in [-0.15, -0.1) is 15.3 Å². The first-order valence-electron chi connectivity index (χ1n) is 8.61. The lowest BCUT2D eigenvalue weighted by molar-refractivity contribution is -0.122. The quantitative estimate of drug-likeness (QED) is 0.773. The minimum atomic E-state index is -0.0525. The van der Waals surface area contributed by atoms with E-state index >= 15 is 0 Å². The number of aryl methyl sites for hydroxylation is 1. The van der Waals surface area contributed by atoms with Crippen molar-refractivity contribution in [3.8, 4) is 0 Å². The highest BCUT2D eigenvalue weighted by Gasteiger charge is 2.25. The molecule has 0 saturated carbocycles. The Morgan fingerprint density at radius 3 is 2.96 bits per heavy atom. The van der Waals surface area contributed by atoms with Crippen molar-refractivity contribution in [2.24, 2.45) is 0 Å². The SMILES string of the molecule is CC(C)c1nnc2n1C[C@H](NC(=O)Cn1nnc3ccccc31)CC2. The van der Waals surface area contributed by atoms with Gasteiger partial charge in [0.2, 0.25) is 5.91 Å². The maximum Gasteiger partial charge on any atom is 0.242 e. The number of hydrogen-bond acceptors (Lipinski definition) is 5. The summed E-state index contributed by atoms with van der Waals surface area (Å²) >= 11 is 0. The van der Waals surface area contributed by atoms with Crippen LogP contribution in [0.4, 0.5) is 0 Å². The molecule has 0 fully saturated rings. The molecule has 1 N–H and O–H groups in total. The van der Waals surface area contributed by atoms with Crippen LogP contribution >= 0.6 is 0 Å². The summed E-state index contributed by atoms with van der Waals surface area (Å²) in [5.74, 6) is 2.26. The molecule has 1 atom stereocenters. The van der Waals surface area contributed by atoms with Crippen LogP contribution in [-0.2, 0) is 24.3 Å². The number of hydrogen-bond donors (Lipinski definition) is 1. The lowest BCUT2D eigenvalue weighted by atomic mass is 10.1. The van der Waals surface area contributed by atoms with E-state index in [0.717, 1.165) is 42.1 Å². The number of nitrogens with zero attached hydrogens (tertiary/aromatic N) is 6. The van der Waals surface area contributed by atoms with Crippen LogP contribution < -0.4 is 5.32 Å². The van der Waals surface area contributed by atoms with E-state index in [0.29, 0.717) is 5.92 Å². The zero-order valence-electron chi connectivity index (χ0n) is 14.4. The summed E-state index contributed by atoms with van der Waals surface area (Å²) in [5.41, 5.74) is 1.66. The number of rotatable bonds is 4. The molecule has 8 nitrogen and oxygen atoms in total. The summed E-state index contributed by atoms with van der Waals surface area (Å²) in [7, 11) is 0. The molecule has 4 rings (SSSR count). The van der Waals surface area contributed by atoms with E-state index in [1.54, 1.807) is 4.68 Å². The average molecular weight is 339 g/mol. The fraction of sp³-hybridized carbons (Fsp3) is 0.471. The topological polar surface area (TPSA) is 90.5 Å². The molecule has 2 aromatic heterocycles. The van der Waals surface area contributed by atoms with Gasteiger partial charge in [-0.1, -0.05) is 31.2 Å². The van der Waals surface area contributed by atoms with Crippen LogP contribution in [0.5, 0.6) is 0 Å². The first-order chi connectivity index (χ1) is 12.1. The maximum atomic E-state index is 12.5. The van der Waals surface area contributed by atoms with Crippen molar-refractivity contribution in [1.29, 1.82) is 0 Å². The van der Waals surface area contributed by atoms with Crippen LogP contribution in [0, 0.1) is 0 Å². The van der Waals surface area contributed by atoms with Gasteiger partial charge >= 0.3 is 0 Å². The number of para-hydroxylation sites is 1. The average Bonchev–Trinajstić information content (AvgIpc) is 3.19. The lowest BCUT2D eigenvalue weighted by Crippen LogP contribution is -2.42. The third kappa shape index (κ3) is 2.99. The predicted octanol–water partition coefficient (Wildman–Crippen LogP) is 1.28. The van der Waals surface area contributed by atoms with Crippen molar-refractivity contribution < 1.29 is 4.79 Å². The second kappa shape index (κ2) is 6.27. The predicted molar refractivity (Wildman–Crippen MR) is 91.9 cm³/mol. The minimum absolute atomic E-state index is 0.0525. The van der Waals surface area contributed by atoms with E-state index < -0.39 is 0 Å². The van der Waals surface area contributed by atoms with E-state index in [2.05, 4.69) is 44.2 Å². The smallest absolute Gasteiger partial charge is 0.242 e. The van der Waals surface area contributed by atoms with Gasteiger partial charge in [-0.2, -0.15) is 0 Å². The molecule has 8 heteroatoms. The second-order valence-electron chi connectivity index (χ2n) is 6.78. The van der Waals surface area contributed by atoms with Crippen molar-refractivity contribution in [3.05, 3.63) is 35.9 Å². The van der Waals surface area contributed by atoms with Crippen molar-refractivity contribution in [2.75, 3.05) is 0 Å². The summed E-state index contributed by atoms with van der Waals surface area (Å²) in [5, 5.41) is 19.8. The number of amides is 1. The van der Waals surface area contributed by atoms with Crippen molar-refractivity contribution in [1.82, 2.24) is 35.1 Å². The number of aromatic nitrogens is 6. The molecule has 1 amide bonds. The Morgan fingerprint density at radius 1 is 1.28 bits per heavy atom. The molecule has 0 unspecified atom stereocenters. The Kier molecular flexibility index (Phi) is 3.95. The van der Waals surface area contributed by atoms with E-state index in [1.807, 2.05) is 24.3 Å². The van der Waals surface area contributed by atoms with Crippen molar-refractivity contribution in [2.45, 2.75) is 51.7 Å². The third-order valence-corrected chi connectivity index (χ3v) is 4.57. The number of fused-ring (bicyclic) bond motifs is 2. The summed E-state index contributed by atoms with van der Waals surface area (Å²) in [6.45, 7) is 5.10. The minimum Gasteiger partial charge on any atom is -0.350 e. The van der Waals surface area contributed by atoms with Gasteiger partial charge in [0.15, 0.2) is 0 Å². The molecular weight excluding hydrogens is 318 g/mol. The largest absolute Gasteiger partial charge is 0.350 e. The summed E-state index contributed by atoms with van der Waals surface area (Å²) < 4.78 is 3.78. The van der Waals surface area contributed by atoms with Crippen LogP contribution in [0.2, 0.25) is 0 Å². The first kappa shape index (κ1) is 15.7. The highest BCUT2D eigenvalue weighted by atomic mass is 16.2. The second-order valence-corrected chi connectivity index (χ2v) is 6.78. The molecule has 3 heterocycles. The van der Waals surface area contributed by atoms with E-state index in [-0.39, 0.29) is 18.5 Å². The number of carbonyl (C=O) groups is 1. The van der Waals surface area contributed by atoms with Crippen molar-refractivity contribution >= 4 is 16.9 Å². The molecule has 130 valence electrons. The molecule has 1 aliphatic heterocycles. The Bertz CT molecular complexity index is 911. The third-order valence-electron chi connectivity index (χ3n) is 4.57. The van der Waals surface area contributed by atoms with Crippen LogP contribution in [0.3, 0.4) is 0 Å². The maximum absolute atomic E-state index is 12.5. The van der Waals surface area contributed by atoms with E-state index in [9.17, 15) is 4.79 Å². The van der Waals surface area contributed by atoms with Crippen molar-refractivity contribution in [3.63, 3.8) is 0 Å². The Balaban J connectivity index is 1.44. The molecule has 3 aromatic rings. The van der Waals surface area contributed by atoms with Gasteiger partial charge in [0, 0.05) is 24.9 Å². The molecule has 0 aliphatic carbocycles. The highest BCUT2D eigenvalue weighted by Crippen LogP contribution is 2.20. The summed E-state index contributed by atoms with van der Waals surface area (Å²) in [4.78, 5) is 12.5. The first-order valence-corrected chi connectivity index (χ1v) is 8.61. The molecule has 1 aliphatic rings. The lowest BCUT2D eigenvalue weighted by Gasteiger charge is -2.25. The highest BCUT2D eigenvalue weighted by molar-refractivity contribution is 5.79. The summed E-state index contributed by atoms with van der Waals surface area (Å²) in [6, 6.07) is 7.72. The number of benzene rings is 1. The Morgan fingerprint density at radius 2 is 2.12 bits per heavy atom. The van der Waals surface area contributed by atoms with Crippen LogP contribution in [-0.4, -0.2) is 41.7 Å². The molecule has 25 heavy (non-hydrogen) atoms. The molecule has 0 spiro atoms. The fourth-order valence-corrected chi connectivity index (χ4v) is 3.34. The molecule has 0 saturated heterocycles. The van der Waals surface area contributed by atoms with Crippen LogP contribution in [0.1, 0.15) is 37.8 Å². The monoisotopic (exact) mass is 339 g/mol. The fourth-order valence-electron chi connectivity index (χ4n) is 3.34. The zero-order valence-corrected chi connectivity index (χ0v) is 14.4. The normalized spacial score (nSPS) is 17.0. The van der Waals surface area contributed by atoms with Crippen LogP contribution in [0.15, 0.2) is 24.3 Å². The van der Waals surface area contributed by atoms with Gasteiger partial charge in [-0.05, 0) is 18.6 Å². The van der Waals surface area contributed by atoms with E-state index in [1.165, 1.54) is 0 Å². The number of carbonyl (C=O) groups excluding carboxylic acids is 1. The van der Waals surface area contributed by atoms with Gasteiger partial charge in [0.25, 0.3) is 0 Å². The zero-order chi connectivity index (χ0) is 17.4.